The second kappa shape index (κ2) is 3.07. The van der Waals surface area contributed by atoms with Crippen LogP contribution >= 0.6 is 11.8 Å². The van der Waals surface area contributed by atoms with E-state index in [4.69, 9.17) is 5.11 Å². The van der Waals surface area contributed by atoms with Gasteiger partial charge >= 0.3 is 0 Å². The highest BCUT2D eigenvalue weighted by Gasteiger charge is 2.00. The summed E-state index contributed by atoms with van der Waals surface area (Å²) < 4.78 is 1.90. The number of aryl methyl sites for hydroxylation is 1. The number of hydrogen-bond donors (Lipinski definition) is 1. The van der Waals surface area contributed by atoms with Crippen molar-refractivity contribution in [2.45, 2.75) is 11.8 Å². The van der Waals surface area contributed by atoms with Gasteiger partial charge < -0.3 is 9.67 Å². The predicted octanol–water partition coefficient (Wildman–Crippen LogP) is 0.634. The fraction of sp³-hybridized carbons (Fsp3) is 0.500. The Balaban J connectivity index is 2.92. The van der Waals surface area contributed by atoms with E-state index in [9.17, 15) is 0 Å². The molecule has 1 aromatic rings. The maximum atomic E-state index is 8.69. The summed E-state index contributed by atoms with van der Waals surface area (Å²) >= 11 is 1.57. The van der Waals surface area contributed by atoms with Gasteiger partial charge in [0.2, 0.25) is 0 Å². The number of hydrogen-bond acceptors (Lipinski definition) is 3. The van der Waals surface area contributed by atoms with Crippen LogP contribution in [0.2, 0.25) is 0 Å². The van der Waals surface area contributed by atoms with Crippen molar-refractivity contribution >= 4 is 11.8 Å². The van der Waals surface area contributed by atoms with Crippen molar-refractivity contribution in [3.63, 3.8) is 0 Å². The summed E-state index contributed by atoms with van der Waals surface area (Å²) in [6.45, 7) is 0.0222. The number of imidazole rings is 1. The summed E-state index contributed by atoms with van der Waals surface area (Å²) in [4.78, 5) is 4.12. The molecule has 0 aliphatic heterocycles. The molecule has 0 amide bonds. The maximum Gasteiger partial charge on any atom is 0.167 e. The quantitative estimate of drug-likeness (QED) is 0.642. The molecule has 0 aromatic carbocycles. The van der Waals surface area contributed by atoms with E-state index in [1.165, 1.54) is 0 Å². The lowest BCUT2D eigenvalue weighted by Crippen LogP contribution is -1.85. The molecule has 0 fully saturated rings. The lowest BCUT2D eigenvalue weighted by molar-refractivity contribution is 0.277. The third kappa shape index (κ3) is 1.33. The van der Waals surface area contributed by atoms with Crippen LogP contribution in [0.3, 0.4) is 0 Å². The number of rotatable bonds is 2. The van der Waals surface area contributed by atoms with Crippen LogP contribution in [0.4, 0.5) is 0 Å². The highest BCUT2D eigenvalue weighted by atomic mass is 32.2. The van der Waals surface area contributed by atoms with Gasteiger partial charge in [-0.05, 0) is 6.26 Å². The van der Waals surface area contributed by atoms with Gasteiger partial charge in [0.15, 0.2) is 5.16 Å². The Morgan fingerprint density at radius 2 is 2.50 bits per heavy atom. The van der Waals surface area contributed by atoms with E-state index in [0.29, 0.717) is 0 Å². The third-order valence-electron chi connectivity index (χ3n) is 1.23. The zero-order valence-electron chi connectivity index (χ0n) is 6.03. The minimum atomic E-state index is 0.0222. The van der Waals surface area contributed by atoms with Gasteiger partial charge in [0, 0.05) is 13.2 Å². The Morgan fingerprint density at radius 1 is 1.80 bits per heavy atom. The first-order chi connectivity index (χ1) is 4.77. The van der Waals surface area contributed by atoms with Crippen LogP contribution in [0.1, 0.15) is 5.69 Å². The zero-order valence-corrected chi connectivity index (χ0v) is 6.85. The van der Waals surface area contributed by atoms with Crippen LogP contribution in [0, 0.1) is 0 Å². The molecule has 0 spiro atoms. The lowest BCUT2D eigenvalue weighted by atomic mass is 10.5. The predicted molar refractivity (Wildman–Crippen MR) is 40.9 cm³/mol. The number of aromatic nitrogens is 2. The summed E-state index contributed by atoms with van der Waals surface area (Å²) in [6, 6.07) is 0. The van der Waals surface area contributed by atoms with Gasteiger partial charge in [0.05, 0.1) is 12.3 Å². The van der Waals surface area contributed by atoms with E-state index in [0.717, 1.165) is 10.9 Å². The van der Waals surface area contributed by atoms with E-state index < -0.39 is 0 Å². The van der Waals surface area contributed by atoms with Crippen molar-refractivity contribution in [2.24, 2.45) is 7.05 Å². The maximum absolute atomic E-state index is 8.69. The highest BCUT2D eigenvalue weighted by Crippen LogP contribution is 2.12. The Bertz CT molecular complexity index is 222. The van der Waals surface area contributed by atoms with Crippen LogP contribution in [-0.4, -0.2) is 20.9 Å². The molecule has 0 atom stereocenters. The topological polar surface area (TPSA) is 38.1 Å². The van der Waals surface area contributed by atoms with E-state index >= 15 is 0 Å². The van der Waals surface area contributed by atoms with Gasteiger partial charge in [0.25, 0.3) is 0 Å². The standard InChI is InChI=1S/C6H10N2OS/c1-8-3-5(4-9)7-6(8)10-2/h3,9H,4H2,1-2H3. The third-order valence-corrected chi connectivity index (χ3v) is 1.97. The van der Waals surface area contributed by atoms with Crippen molar-refractivity contribution in [3.05, 3.63) is 11.9 Å². The van der Waals surface area contributed by atoms with E-state index in [1.54, 1.807) is 11.8 Å². The molecule has 0 unspecified atom stereocenters. The minimum absolute atomic E-state index is 0.0222. The first-order valence-corrected chi connectivity index (χ1v) is 4.17. The fourth-order valence-electron chi connectivity index (χ4n) is 0.775. The largest absolute Gasteiger partial charge is 0.390 e. The minimum Gasteiger partial charge on any atom is -0.390 e. The fourth-order valence-corrected chi connectivity index (χ4v) is 1.32. The smallest absolute Gasteiger partial charge is 0.167 e. The van der Waals surface area contributed by atoms with Gasteiger partial charge in [0.1, 0.15) is 0 Å². The molecule has 10 heavy (non-hydrogen) atoms. The monoisotopic (exact) mass is 158 g/mol. The van der Waals surface area contributed by atoms with E-state index in [-0.39, 0.29) is 6.61 Å². The Hall–Kier alpha value is -0.480. The normalized spacial score (nSPS) is 10.3. The molecule has 0 aliphatic carbocycles. The molecule has 56 valence electrons. The number of nitrogens with zero attached hydrogens (tertiary/aromatic N) is 2. The zero-order chi connectivity index (χ0) is 7.56. The first kappa shape index (κ1) is 7.63. The second-order valence-electron chi connectivity index (χ2n) is 1.99. The molecule has 0 radical (unpaired) electrons. The summed E-state index contributed by atoms with van der Waals surface area (Å²) in [7, 11) is 1.91. The number of aliphatic hydroxyl groups excluding tert-OH is 1. The van der Waals surface area contributed by atoms with Gasteiger partial charge in [-0.3, -0.25) is 0 Å². The van der Waals surface area contributed by atoms with E-state index in [1.807, 2.05) is 24.1 Å². The SMILES string of the molecule is CSc1nc(CO)cn1C. The molecular weight excluding hydrogens is 148 g/mol. The molecule has 4 heteroatoms. The molecule has 0 saturated heterocycles. The Kier molecular flexibility index (Phi) is 2.34. The molecule has 1 aromatic heterocycles. The molecule has 0 bridgehead atoms. The number of thioether (sulfide) groups is 1. The summed E-state index contributed by atoms with van der Waals surface area (Å²) in [5.74, 6) is 0. The molecule has 0 aliphatic rings. The lowest BCUT2D eigenvalue weighted by Gasteiger charge is -1.91. The molecular formula is C6H10N2OS. The van der Waals surface area contributed by atoms with Crippen LogP contribution in [0.5, 0.6) is 0 Å². The van der Waals surface area contributed by atoms with Crippen molar-refractivity contribution in [2.75, 3.05) is 6.26 Å². The van der Waals surface area contributed by atoms with Gasteiger partial charge in [-0.15, -0.1) is 0 Å². The Morgan fingerprint density at radius 3 is 2.80 bits per heavy atom. The van der Waals surface area contributed by atoms with Gasteiger partial charge in [-0.25, -0.2) is 4.98 Å². The summed E-state index contributed by atoms with van der Waals surface area (Å²) in [5.41, 5.74) is 0.729. The van der Waals surface area contributed by atoms with Crippen molar-refractivity contribution in [1.82, 2.24) is 9.55 Å². The molecule has 0 saturated carbocycles. The summed E-state index contributed by atoms with van der Waals surface area (Å²) in [6.07, 6.45) is 3.79. The average molecular weight is 158 g/mol. The number of aliphatic hydroxyl groups is 1. The van der Waals surface area contributed by atoms with Gasteiger partial charge in [-0.2, -0.15) is 0 Å². The highest BCUT2D eigenvalue weighted by molar-refractivity contribution is 7.98. The van der Waals surface area contributed by atoms with E-state index in [2.05, 4.69) is 4.98 Å². The molecule has 1 rings (SSSR count). The average Bonchev–Trinajstić information content (AvgIpc) is 2.30. The second-order valence-corrected chi connectivity index (χ2v) is 2.76. The van der Waals surface area contributed by atoms with Crippen LogP contribution in [0.15, 0.2) is 11.4 Å². The van der Waals surface area contributed by atoms with Gasteiger partial charge in [-0.1, -0.05) is 11.8 Å². The molecule has 1 heterocycles. The first-order valence-electron chi connectivity index (χ1n) is 2.95. The molecule has 1 N–H and O–H groups in total. The summed E-state index contributed by atoms with van der Waals surface area (Å²) in [5, 5.41) is 9.62. The van der Waals surface area contributed by atoms with Crippen LogP contribution < -0.4 is 0 Å². The van der Waals surface area contributed by atoms with Crippen LogP contribution in [0.25, 0.3) is 0 Å². The molecule has 3 nitrogen and oxygen atoms in total. The Labute approximate surface area is 64.1 Å². The van der Waals surface area contributed by atoms with Crippen molar-refractivity contribution < 1.29 is 5.11 Å². The van der Waals surface area contributed by atoms with Crippen molar-refractivity contribution in [1.29, 1.82) is 0 Å². The van der Waals surface area contributed by atoms with Crippen LogP contribution in [-0.2, 0) is 13.7 Å². The van der Waals surface area contributed by atoms with Crippen molar-refractivity contribution in [3.8, 4) is 0 Å².